The lowest BCUT2D eigenvalue weighted by Crippen LogP contribution is -2.46. The quantitative estimate of drug-likeness (QED) is 0.207. The SMILES string of the molecule is CCC(C)(C)OOC(C)(C)C#C[C@@H](/C=C(\Cl)C12CC3CC(CC(C3)C1)C2)OC(C)=O. The van der Waals surface area contributed by atoms with Gasteiger partial charge in [-0.3, -0.25) is 4.79 Å². The summed E-state index contributed by atoms with van der Waals surface area (Å²) in [6, 6.07) is 0. The van der Waals surface area contributed by atoms with Crippen molar-refractivity contribution in [3.05, 3.63) is 11.1 Å². The second kappa shape index (κ2) is 8.85. The largest absolute Gasteiger partial charge is 0.445 e. The van der Waals surface area contributed by atoms with E-state index in [-0.39, 0.29) is 11.4 Å². The fourth-order valence-corrected chi connectivity index (χ4v) is 5.88. The number of rotatable bonds is 7. The van der Waals surface area contributed by atoms with Crippen LogP contribution in [0.15, 0.2) is 11.1 Å². The molecule has 0 saturated heterocycles. The summed E-state index contributed by atoms with van der Waals surface area (Å²) in [7, 11) is 0. The Morgan fingerprint density at radius 1 is 1.10 bits per heavy atom. The third-order valence-electron chi connectivity index (χ3n) is 6.98. The Hall–Kier alpha value is -1.02. The lowest BCUT2D eigenvalue weighted by molar-refractivity contribution is -0.388. The van der Waals surface area contributed by atoms with Crippen LogP contribution in [0.1, 0.15) is 86.5 Å². The van der Waals surface area contributed by atoms with Crippen molar-refractivity contribution in [2.24, 2.45) is 23.2 Å². The van der Waals surface area contributed by atoms with Gasteiger partial charge in [0.15, 0.2) is 11.7 Å². The Morgan fingerprint density at radius 3 is 2.10 bits per heavy atom. The molecule has 0 heterocycles. The maximum absolute atomic E-state index is 11.7. The van der Waals surface area contributed by atoms with Crippen molar-refractivity contribution >= 4 is 17.6 Å². The van der Waals surface area contributed by atoms with Gasteiger partial charge in [0.1, 0.15) is 0 Å². The number of halogens is 1. The number of carbonyl (C=O) groups excluding carboxylic acids is 1. The normalized spacial score (nSPS) is 31.8. The van der Waals surface area contributed by atoms with Crippen molar-refractivity contribution < 1.29 is 19.3 Å². The zero-order valence-corrected chi connectivity index (χ0v) is 20.1. The topological polar surface area (TPSA) is 44.8 Å². The van der Waals surface area contributed by atoms with Gasteiger partial charge in [-0.1, -0.05) is 30.4 Å². The number of hydrogen-bond donors (Lipinski definition) is 0. The first-order valence-corrected chi connectivity index (χ1v) is 11.7. The highest BCUT2D eigenvalue weighted by Crippen LogP contribution is 2.63. The molecular formula is C25H37ClO4. The molecule has 4 rings (SSSR count). The summed E-state index contributed by atoms with van der Waals surface area (Å²) in [5.74, 6) is 8.12. The third kappa shape index (κ3) is 5.81. The molecule has 0 radical (unpaired) electrons. The Bertz CT molecular complexity index is 705. The second-order valence-corrected chi connectivity index (χ2v) is 11.2. The Kier molecular flexibility index (Phi) is 6.97. The Labute approximate surface area is 187 Å². The molecule has 168 valence electrons. The zero-order chi connectivity index (χ0) is 22.2. The molecule has 4 saturated carbocycles. The predicted molar refractivity (Wildman–Crippen MR) is 118 cm³/mol. The van der Waals surface area contributed by atoms with Crippen LogP contribution in [0.5, 0.6) is 0 Å². The highest BCUT2D eigenvalue weighted by molar-refractivity contribution is 6.30. The summed E-state index contributed by atoms with van der Waals surface area (Å²) in [6.07, 6.45) is 9.52. The molecule has 0 aromatic heterocycles. The molecule has 0 aromatic rings. The monoisotopic (exact) mass is 436 g/mol. The highest BCUT2D eigenvalue weighted by atomic mass is 35.5. The first-order chi connectivity index (χ1) is 13.9. The van der Waals surface area contributed by atoms with E-state index in [1.54, 1.807) is 0 Å². The van der Waals surface area contributed by atoms with Crippen LogP contribution in [0.4, 0.5) is 0 Å². The molecule has 1 atom stereocenters. The molecule has 4 fully saturated rings. The molecule has 0 amide bonds. The predicted octanol–water partition coefficient (Wildman–Crippen LogP) is 6.18. The number of hydrogen-bond acceptors (Lipinski definition) is 4. The van der Waals surface area contributed by atoms with Crippen molar-refractivity contribution in [3.63, 3.8) is 0 Å². The van der Waals surface area contributed by atoms with E-state index in [0.29, 0.717) is 0 Å². The third-order valence-corrected chi connectivity index (χ3v) is 7.50. The van der Waals surface area contributed by atoms with Crippen LogP contribution in [-0.2, 0) is 19.3 Å². The van der Waals surface area contributed by atoms with E-state index in [1.807, 2.05) is 40.7 Å². The van der Waals surface area contributed by atoms with Crippen LogP contribution in [0, 0.1) is 35.0 Å². The highest BCUT2D eigenvalue weighted by Gasteiger charge is 2.52. The Morgan fingerprint density at radius 2 is 1.63 bits per heavy atom. The van der Waals surface area contributed by atoms with Gasteiger partial charge in [0.05, 0.1) is 5.60 Å². The number of carbonyl (C=O) groups is 1. The summed E-state index contributed by atoms with van der Waals surface area (Å²) < 4.78 is 5.48. The van der Waals surface area contributed by atoms with E-state index in [1.165, 1.54) is 26.2 Å². The molecule has 5 heteroatoms. The van der Waals surface area contributed by atoms with Crippen molar-refractivity contribution in [1.82, 2.24) is 0 Å². The molecule has 0 aromatic carbocycles. The lowest BCUT2D eigenvalue weighted by atomic mass is 9.49. The van der Waals surface area contributed by atoms with Crippen LogP contribution in [0.3, 0.4) is 0 Å². The number of ether oxygens (including phenoxy) is 1. The van der Waals surface area contributed by atoms with Gasteiger partial charge in [0.2, 0.25) is 0 Å². The van der Waals surface area contributed by atoms with E-state index < -0.39 is 17.3 Å². The van der Waals surface area contributed by atoms with Gasteiger partial charge >= 0.3 is 5.97 Å². The van der Waals surface area contributed by atoms with Crippen molar-refractivity contribution in [2.75, 3.05) is 0 Å². The molecule has 4 nitrogen and oxygen atoms in total. The lowest BCUT2D eigenvalue weighted by Gasteiger charge is -2.56. The molecule has 0 N–H and O–H groups in total. The standard InChI is InChI=1S/C25H37ClO4/c1-7-23(3,4)29-30-24(5,6)9-8-21(28-17(2)27)13-22(26)25-14-18-10-19(15-25)12-20(11-18)16-25/h13,18-21H,7,10-12,14-16H2,1-6H3/b22-13-/t18?,19?,20?,21-,25?/m0/s1. The van der Waals surface area contributed by atoms with Crippen LogP contribution in [-0.4, -0.2) is 23.3 Å². The first-order valence-electron chi connectivity index (χ1n) is 11.4. The fraction of sp³-hybridized carbons (Fsp3) is 0.800. The van der Waals surface area contributed by atoms with Crippen molar-refractivity contribution in [1.29, 1.82) is 0 Å². The first kappa shape index (κ1) is 23.6. The summed E-state index contributed by atoms with van der Waals surface area (Å²) in [6.45, 7) is 11.0. The fourth-order valence-electron chi connectivity index (χ4n) is 5.54. The second-order valence-electron chi connectivity index (χ2n) is 10.8. The van der Waals surface area contributed by atoms with Gasteiger partial charge in [-0.05, 0) is 96.5 Å². The molecule has 4 aliphatic carbocycles. The smallest absolute Gasteiger partial charge is 0.304 e. The average Bonchev–Trinajstić information content (AvgIpc) is 2.63. The molecule has 4 aliphatic rings. The van der Waals surface area contributed by atoms with Gasteiger partial charge in [-0.15, -0.1) is 0 Å². The summed E-state index contributed by atoms with van der Waals surface area (Å²) in [5, 5.41) is 0.823. The summed E-state index contributed by atoms with van der Waals surface area (Å²) >= 11 is 6.92. The zero-order valence-electron chi connectivity index (χ0n) is 19.3. The molecule has 30 heavy (non-hydrogen) atoms. The van der Waals surface area contributed by atoms with Gasteiger partial charge in [-0.25, -0.2) is 9.78 Å². The number of allylic oxidation sites excluding steroid dienone is 1. The van der Waals surface area contributed by atoms with Gasteiger partial charge in [0, 0.05) is 17.4 Å². The maximum atomic E-state index is 11.7. The van der Waals surface area contributed by atoms with E-state index >= 15 is 0 Å². The van der Waals surface area contributed by atoms with Crippen molar-refractivity contribution in [3.8, 4) is 11.8 Å². The van der Waals surface area contributed by atoms with E-state index in [2.05, 4.69) is 11.8 Å². The maximum Gasteiger partial charge on any atom is 0.304 e. The molecule has 0 unspecified atom stereocenters. The number of esters is 1. The van der Waals surface area contributed by atoms with E-state index in [9.17, 15) is 4.79 Å². The van der Waals surface area contributed by atoms with Crippen LogP contribution in [0.25, 0.3) is 0 Å². The average molecular weight is 437 g/mol. The van der Waals surface area contributed by atoms with E-state index in [0.717, 1.165) is 48.5 Å². The molecule has 0 spiro atoms. The van der Waals surface area contributed by atoms with E-state index in [4.69, 9.17) is 26.1 Å². The molecule has 4 bridgehead atoms. The minimum atomic E-state index is -0.841. The summed E-state index contributed by atoms with van der Waals surface area (Å²) in [5.41, 5.74) is -1.18. The van der Waals surface area contributed by atoms with Gasteiger partial charge < -0.3 is 4.74 Å². The Balaban J connectivity index is 1.75. The molecular weight excluding hydrogens is 400 g/mol. The van der Waals surface area contributed by atoms with Gasteiger partial charge in [0.25, 0.3) is 0 Å². The van der Waals surface area contributed by atoms with Gasteiger partial charge in [-0.2, -0.15) is 0 Å². The van der Waals surface area contributed by atoms with Crippen molar-refractivity contribution in [2.45, 2.75) is 104 Å². The molecule has 0 aliphatic heterocycles. The summed E-state index contributed by atoms with van der Waals surface area (Å²) in [4.78, 5) is 22.8. The minimum absolute atomic E-state index is 0.0522. The van der Waals surface area contributed by atoms with Crippen LogP contribution in [0.2, 0.25) is 0 Å². The van der Waals surface area contributed by atoms with Crippen LogP contribution >= 0.6 is 11.6 Å². The van der Waals surface area contributed by atoms with Crippen LogP contribution < -0.4 is 0 Å². The minimum Gasteiger partial charge on any atom is -0.445 e.